The fourth-order valence-electron chi connectivity index (χ4n) is 2.43. The van der Waals surface area contributed by atoms with E-state index in [0.29, 0.717) is 17.4 Å². The number of hydrazone groups is 1. The van der Waals surface area contributed by atoms with Gasteiger partial charge in [-0.15, -0.1) is 11.3 Å². The molecule has 0 unspecified atom stereocenters. The number of hydrogen-bond acceptors (Lipinski definition) is 6. The molecular weight excluding hydrogens is 365 g/mol. The molecule has 0 aliphatic rings. The summed E-state index contributed by atoms with van der Waals surface area (Å²) in [6, 6.07) is 14.1. The number of nitrogens with one attached hydrogen (secondary N) is 1. The summed E-state index contributed by atoms with van der Waals surface area (Å²) in [6.07, 6.45) is 1.81. The zero-order valence-electron chi connectivity index (χ0n) is 14.7. The fourth-order valence-corrected chi connectivity index (χ4v) is 3.09. The van der Waals surface area contributed by atoms with Gasteiger partial charge < -0.3 is 4.74 Å². The van der Waals surface area contributed by atoms with E-state index in [1.54, 1.807) is 24.6 Å². The Bertz CT molecular complexity index is 956. The molecule has 0 atom stereocenters. The quantitative estimate of drug-likeness (QED) is 0.371. The van der Waals surface area contributed by atoms with Gasteiger partial charge >= 0.3 is 5.97 Å². The Balaban J connectivity index is 1.63. The van der Waals surface area contributed by atoms with Crippen molar-refractivity contribution in [3.63, 3.8) is 0 Å². The molecule has 3 aromatic rings. The minimum Gasteiger partial charge on any atom is -0.466 e. The van der Waals surface area contributed by atoms with Crippen molar-refractivity contribution in [2.45, 2.75) is 13.3 Å². The molecular formula is C20H18FN3O2S. The zero-order chi connectivity index (χ0) is 19.1. The highest BCUT2D eigenvalue weighted by Crippen LogP contribution is 2.21. The third kappa shape index (κ3) is 5.46. The van der Waals surface area contributed by atoms with Gasteiger partial charge in [-0.3, -0.25) is 10.2 Å². The molecule has 0 aliphatic carbocycles. The number of hydrogen-bond donors (Lipinski definition) is 1. The van der Waals surface area contributed by atoms with Crippen LogP contribution in [-0.4, -0.2) is 23.8 Å². The second-order valence-electron chi connectivity index (χ2n) is 5.63. The first-order valence-corrected chi connectivity index (χ1v) is 9.27. The lowest BCUT2D eigenvalue weighted by Gasteiger charge is -2.03. The first kappa shape index (κ1) is 18.7. The second kappa shape index (κ2) is 9.05. The van der Waals surface area contributed by atoms with Crippen molar-refractivity contribution >= 4 is 28.7 Å². The SMILES string of the molecule is CCOC(=O)Cc1csc(NN=Cc2cccc(-c3cccc(F)c3)c2)n1. The van der Waals surface area contributed by atoms with Gasteiger partial charge in [0, 0.05) is 5.38 Å². The van der Waals surface area contributed by atoms with Crippen molar-refractivity contribution in [3.8, 4) is 11.1 Å². The Kier molecular flexibility index (Phi) is 6.27. The van der Waals surface area contributed by atoms with E-state index < -0.39 is 0 Å². The molecule has 5 nitrogen and oxygen atoms in total. The van der Waals surface area contributed by atoms with Gasteiger partial charge in [0.05, 0.1) is 24.9 Å². The molecule has 3 rings (SSSR count). The standard InChI is InChI=1S/C20H18FN3O2S/c1-2-26-19(25)11-18-13-27-20(23-18)24-22-12-14-5-3-6-15(9-14)16-7-4-8-17(21)10-16/h3-10,12-13H,2,11H2,1H3,(H,23,24). The highest BCUT2D eigenvalue weighted by Gasteiger charge is 2.07. The van der Waals surface area contributed by atoms with E-state index in [1.807, 2.05) is 30.3 Å². The van der Waals surface area contributed by atoms with Crippen molar-refractivity contribution in [1.29, 1.82) is 0 Å². The molecule has 1 heterocycles. The first-order chi connectivity index (χ1) is 13.1. The van der Waals surface area contributed by atoms with Crippen molar-refractivity contribution in [2.75, 3.05) is 12.0 Å². The molecule has 0 saturated carbocycles. The van der Waals surface area contributed by atoms with Gasteiger partial charge in [-0.1, -0.05) is 30.3 Å². The number of halogens is 1. The number of carbonyl (C=O) groups excluding carboxylic acids is 1. The van der Waals surface area contributed by atoms with Crippen molar-refractivity contribution in [1.82, 2.24) is 4.98 Å². The molecule has 1 aromatic heterocycles. The molecule has 0 amide bonds. The van der Waals surface area contributed by atoms with Crippen LogP contribution in [0.25, 0.3) is 11.1 Å². The number of benzene rings is 2. The number of aromatic nitrogens is 1. The minimum atomic E-state index is -0.299. The van der Waals surface area contributed by atoms with E-state index in [-0.39, 0.29) is 18.2 Å². The van der Waals surface area contributed by atoms with Gasteiger partial charge in [-0.25, -0.2) is 9.37 Å². The van der Waals surface area contributed by atoms with Crippen LogP contribution in [0.3, 0.4) is 0 Å². The Hall–Kier alpha value is -3.06. The van der Waals surface area contributed by atoms with Crippen LogP contribution in [0.1, 0.15) is 18.2 Å². The largest absolute Gasteiger partial charge is 0.466 e. The summed E-state index contributed by atoms with van der Waals surface area (Å²) < 4.78 is 18.3. The van der Waals surface area contributed by atoms with Gasteiger partial charge in [0.25, 0.3) is 0 Å². The monoisotopic (exact) mass is 383 g/mol. The predicted molar refractivity (Wildman–Crippen MR) is 106 cm³/mol. The smallest absolute Gasteiger partial charge is 0.311 e. The Morgan fingerprint density at radius 2 is 2.04 bits per heavy atom. The van der Waals surface area contributed by atoms with Gasteiger partial charge in [-0.05, 0) is 41.8 Å². The summed E-state index contributed by atoms with van der Waals surface area (Å²) in [4.78, 5) is 15.7. The number of esters is 1. The van der Waals surface area contributed by atoms with Crippen molar-refractivity contribution in [3.05, 3.63) is 71.0 Å². The molecule has 0 aliphatic heterocycles. The number of nitrogens with zero attached hydrogens (tertiary/aromatic N) is 2. The third-order valence-corrected chi connectivity index (χ3v) is 4.40. The molecule has 1 N–H and O–H groups in total. The third-order valence-electron chi connectivity index (χ3n) is 3.60. The van der Waals surface area contributed by atoms with Crippen LogP contribution in [0.5, 0.6) is 0 Å². The molecule has 0 fully saturated rings. The fraction of sp³-hybridized carbons (Fsp3) is 0.150. The molecule has 0 bridgehead atoms. The molecule has 0 radical (unpaired) electrons. The average molecular weight is 383 g/mol. The van der Waals surface area contributed by atoms with Crippen LogP contribution in [0, 0.1) is 5.82 Å². The van der Waals surface area contributed by atoms with Crippen LogP contribution in [0.4, 0.5) is 9.52 Å². The number of anilines is 1. The minimum absolute atomic E-state index is 0.144. The second-order valence-corrected chi connectivity index (χ2v) is 6.49. The lowest BCUT2D eigenvalue weighted by Crippen LogP contribution is -2.07. The predicted octanol–water partition coefficient (Wildman–Crippen LogP) is 4.50. The van der Waals surface area contributed by atoms with E-state index in [2.05, 4.69) is 15.5 Å². The molecule has 2 aromatic carbocycles. The summed E-state index contributed by atoms with van der Waals surface area (Å²) >= 11 is 1.36. The maximum atomic E-state index is 13.4. The molecule has 0 saturated heterocycles. The van der Waals surface area contributed by atoms with E-state index in [9.17, 15) is 9.18 Å². The van der Waals surface area contributed by atoms with Gasteiger partial charge in [-0.2, -0.15) is 5.10 Å². The Morgan fingerprint density at radius 3 is 2.81 bits per heavy atom. The highest BCUT2D eigenvalue weighted by molar-refractivity contribution is 7.13. The Morgan fingerprint density at radius 1 is 1.26 bits per heavy atom. The van der Waals surface area contributed by atoms with E-state index >= 15 is 0 Å². The van der Waals surface area contributed by atoms with E-state index in [4.69, 9.17) is 4.74 Å². The van der Waals surface area contributed by atoms with Crippen LogP contribution >= 0.6 is 11.3 Å². The number of carbonyl (C=O) groups is 1. The topological polar surface area (TPSA) is 63.6 Å². The molecule has 7 heteroatoms. The van der Waals surface area contributed by atoms with Crippen LogP contribution in [0.15, 0.2) is 59.0 Å². The van der Waals surface area contributed by atoms with Crippen molar-refractivity contribution in [2.24, 2.45) is 5.10 Å². The van der Waals surface area contributed by atoms with Crippen LogP contribution < -0.4 is 5.43 Å². The maximum Gasteiger partial charge on any atom is 0.311 e. The lowest BCUT2D eigenvalue weighted by atomic mass is 10.0. The van der Waals surface area contributed by atoms with Crippen LogP contribution in [-0.2, 0) is 16.0 Å². The summed E-state index contributed by atoms with van der Waals surface area (Å²) in [7, 11) is 0. The summed E-state index contributed by atoms with van der Waals surface area (Å²) in [6.45, 7) is 2.12. The summed E-state index contributed by atoms with van der Waals surface area (Å²) in [5.74, 6) is -0.567. The van der Waals surface area contributed by atoms with Crippen LogP contribution in [0.2, 0.25) is 0 Å². The molecule has 0 spiro atoms. The zero-order valence-corrected chi connectivity index (χ0v) is 15.5. The normalized spacial score (nSPS) is 10.9. The Labute approximate surface area is 160 Å². The van der Waals surface area contributed by atoms with Gasteiger partial charge in [0.1, 0.15) is 5.82 Å². The molecule has 138 valence electrons. The maximum absolute atomic E-state index is 13.4. The first-order valence-electron chi connectivity index (χ1n) is 8.39. The van der Waals surface area contributed by atoms with Crippen molar-refractivity contribution < 1.29 is 13.9 Å². The summed E-state index contributed by atoms with van der Waals surface area (Å²) in [5.41, 5.74) is 6.08. The highest BCUT2D eigenvalue weighted by atomic mass is 32.1. The summed E-state index contributed by atoms with van der Waals surface area (Å²) in [5, 5.41) is 6.56. The number of ether oxygens (including phenoxy) is 1. The lowest BCUT2D eigenvalue weighted by molar-refractivity contribution is -0.142. The van der Waals surface area contributed by atoms with Gasteiger partial charge in [0.15, 0.2) is 0 Å². The number of rotatable bonds is 7. The van der Waals surface area contributed by atoms with Gasteiger partial charge in [0.2, 0.25) is 5.13 Å². The average Bonchev–Trinajstić information content (AvgIpc) is 3.09. The number of thiazole rings is 1. The molecule has 27 heavy (non-hydrogen) atoms. The van der Waals surface area contributed by atoms with E-state index in [1.165, 1.54) is 23.5 Å². The van der Waals surface area contributed by atoms with E-state index in [0.717, 1.165) is 16.7 Å².